The van der Waals surface area contributed by atoms with Crippen molar-refractivity contribution >= 4 is 11.8 Å². The summed E-state index contributed by atoms with van der Waals surface area (Å²) in [6.45, 7) is 7.76. The van der Waals surface area contributed by atoms with E-state index in [1.165, 1.54) is 0 Å². The topological polar surface area (TPSA) is 71.1 Å². The second-order valence-corrected chi connectivity index (χ2v) is 6.55. The number of amides is 2. The second kappa shape index (κ2) is 8.51. The Balaban J connectivity index is 1.60. The molecule has 3 rings (SSSR count). The monoisotopic (exact) mass is 361 g/mol. The van der Waals surface area contributed by atoms with E-state index in [1.807, 2.05) is 36.9 Å². The molecule has 0 aliphatic carbocycles. The second-order valence-electron chi connectivity index (χ2n) is 6.55. The first-order valence-corrected chi connectivity index (χ1v) is 9.26. The lowest BCUT2D eigenvalue weighted by atomic mass is 10.1. The Morgan fingerprint density at radius 1 is 1.19 bits per heavy atom. The Morgan fingerprint density at radius 2 is 1.88 bits per heavy atom. The molecule has 7 heteroatoms. The lowest BCUT2D eigenvalue weighted by Gasteiger charge is -2.38. The lowest BCUT2D eigenvalue weighted by Crippen LogP contribution is -2.60. The molecule has 1 aromatic rings. The van der Waals surface area contributed by atoms with E-state index in [1.54, 1.807) is 11.0 Å². The number of morpholine rings is 1. The average molecular weight is 361 g/mol. The van der Waals surface area contributed by atoms with Crippen LogP contribution in [0.25, 0.3) is 0 Å². The van der Waals surface area contributed by atoms with Crippen LogP contribution in [0.3, 0.4) is 0 Å². The third kappa shape index (κ3) is 3.99. The maximum atomic E-state index is 12.8. The van der Waals surface area contributed by atoms with Crippen molar-refractivity contribution in [1.29, 1.82) is 0 Å². The molecule has 0 saturated carbocycles. The molecule has 1 aromatic carbocycles. The van der Waals surface area contributed by atoms with E-state index in [2.05, 4.69) is 5.32 Å². The molecule has 2 atom stereocenters. The van der Waals surface area contributed by atoms with Crippen LogP contribution in [0.15, 0.2) is 24.3 Å². The van der Waals surface area contributed by atoms with Gasteiger partial charge in [-0.15, -0.1) is 0 Å². The van der Waals surface area contributed by atoms with E-state index in [0.717, 1.165) is 0 Å². The molecule has 0 aromatic heterocycles. The van der Waals surface area contributed by atoms with Crippen LogP contribution in [0.5, 0.6) is 5.75 Å². The predicted molar refractivity (Wildman–Crippen MR) is 97.3 cm³/mol. The number of nitrogens with one attached hydrogen (secondary N) is 1. The third-order valence-electron chi connectivity index (χ3n) is 4.88. The summed E-state index contributed by atoms with van der Waals surface area (Å²) >= 11 is 0. The number of para-hydroxylation sites is 1. The zero-order chi connectivity index (χ0) is 18.5. The van der Waals surface area contributed by atoms with Crippen LogP contribution in [0.1, 0.15) is 24.2 Å². The van der Waals surface area contributed by atoms with Crippen molar-refractivity contribution < 1.29 is 19.1 Å². The smallest absolute Gasteiger partial charge is 0.257 e. The van der Waals surface area contributed by atoms with Crippen LogP contribution in [0.4, 0.5) is 0 Å². The van der Waals surface area contributed by atoms with Crippen LogP contribution < -0.4 is 10.1 Å². The molecule has 7 nitrogen and oxygen atoms in total. The molecular weight excluding hydrogens is 334 g/mol. The maximum Gasteiger partial charge on any atom is 0.257 e. The van der Waals surface area contributed by atoms with Crippen LogP contribution in [0, 0.1) is 0 Å². The average Bonchev–Trinajstić information content (AvgIpc) is 2.68. The molecule has 2 saturated heterocycles. The van der Waals surface area contributed by atoms with Crippen LogP contribution in [0.2, 0.25) is 0 Å². The summed E-state index contributed by atoms with van der Waals surface area (Å²) in [5.41, 5.74) is 0.574. The van der Waals surface area contributed by atoms with Gasteiger partial charge in [0.15, 0.2) is 0 Å². The fourth-order valence-corrected chi connectivity index (χ4v) is 3.43. The van der Waals surface area contributed by atoms with Gasteiger partial charge in [0.05, 0.1) is 24.9 Å². The fourth-order valence-electron chi connectivity index (χ4n) is 3.43. The SMILES string of the molecule is CCOc1ccccc1C(=O)N1CCN(C(=O)[C@H]2NCCO[C@@H]2C)CC1. The van der Waals surface area contributed by atoms with Gasteiger partial charge >= 0.3 is 0 Å². The highest BCUT2D eigenvalue weighted by Crippen LogP contribution is 2.21. The van der Waals surface area contributed by atoms with Gasteiger partial charge in [0.25, 0.3) is 5.91 Å². The molecule has 2 amide bonds. The molecular formula is C19H27N3O4. The number of rotatable bonds is 4. The number of hydrogen-bond acceptors (Lipinski definition) is 5. The molecule has 0 radical (unpaired) electrons. The van der Waals surface area contributed by atoms with E-state index in [0.29, 0.717) is 57.3 Å². The van der Waals surface area contributed by atoms with Crippen molar-refractivity contribution in [1.82, 2.24) is 15.1 Å². The van der Waals surface area contributed by atoms with E-state index in [9.17, 15) is 9.59 Å². The van der Waals surface area contributed by atoms with E-state index in [4.69, 9.17) is 9.47 Å². The first-order chi connectivity index (χ1) is 12.6. The summed E-state index contributed by atoms with van der Waals surface area (Å²) in [6, 6.07) is 7.00. The molecule has 2 aliphatic rings. The zero-order valence-corrected chi connectivity index (χ0v) is 15.4. The predicted octanol–water partition coefficient (Wildman–Crippen LogP) is 0.747. The minimum Gasteiger partial charge on any atom is -0.493 e. The summed E-state index contributed by atoms with van der Waals surface area (Å²) in [4.78, 5) is 29.2. The molecule has 0 bridgehead atoms. The van der Waals surface area contributed by atoms with Gasteiger partial charge in [-0.1, -0.05) is 12.1 Å². The summed E-state index contributed by atoms with van der Waals surface area (Å²) in [5.74, 6) is 0.614. The first kappa shape index (κ1) is 18.7. The molecule has 2 fully saturated rings. The first-order valence-electron chi connectivity index (χ1n) is 9.26. The maximum absolute atomic E-state index is 12.8. The van der Waals surface area contributed by atoms with Gasteiger partial charge in [0.2, 0.25) is 5.91 Å². The summed E-state index contributed by atoms with van der Waals surface area (Å²) in [6.07, 6.45) is -0.131. The summed E-state index contributed by atoms with van der Waals surface area (Å²) in [5, 5.41) is 3.23. The van der Waals surface area contributed by atoms with Gasteiger partial charge in [-0.25, -0.2) is 0 Å². The van der Waals surface area contributed by atoms with Crippen LogP contribution in [-0.2, 0) is 9.53 Å². The van der Waals surface area contributed by atoms with Crippen molar-refractivity contribution in [3.63, 3.8) is 0 Å². The molecule has 1 N–H and O–H groups in total. The Kier molecular flexibility index (Phi) is 6.11. The molecule has 26 heavy (non-hydrogen) atoms. The summed E-state index contributed by atoms with van der Waals surface area (Å²) < 4.78 is 11.1. The minimum absolute atomic E-state index is 0.0476. The third-order valence-corrected chi connectivity index (χ3v) is 4.88. The summed E-state index contributed by atoms with van der Waals surface area (Å²) in [7, 11) is 0. The Hall–Kier alpha value is -2.12. The van der Waals surface area contributed by atoms with E-state index < -0.39 is 0 Å². The van der Waals surface area contributed by atoms with Gasteiger partial charge in [0.1, 0.15) is 11.8 Å². The Bertz CT molecular complexity index is 643. The van der Waals surface area contributed by atoms with Crippen LogP contribution in [-0.4, -0.2) is 79.7 Å². The minimum atomic E-state index is -0.301. The van der Waals surface area contributed by atoms with Crippen molar-refractivity contribution in [2.75, 3.05) is 45.9 Å². The molecule has 0 unspecified atom stereocenters. The normalized spacial score (nSPS) is 23.6. The van der Waals surface area contributed by atoms with Crippen molar-refractivity contribution in [3.05, 3.63) is 29.8 Å². The Morgan fingerprint density at radius 3 is 2.58 bits per heavy atom. The van der Waals surface area contributed by atoms with Crippen molar-refractivity contribution in [2.24, 2.45) is 0 Å². The van der Waals surface area contributed by atoms with Crippen molar-refractivity contribution in [3.8, 4) is 5.75 Å². The van der Waals surface area contributed by atoms with Crippen LogP contribution >= 0.6 is 0 Å². The largest absolute Gasteiger partial charge is 0.493 e. The van der Waals surface area contributed by atoms with Gasteiger partial charge in [-0.05, 0) is 26.0 Å². The van der Waals surface area contributed by atoms with E-state index >= 15 is 0 Å². The number of benzene rings is 1. The van der Waals surface area contributed by atoms with Gasteiger partial charge in [-0.3, -0.25) is 9.59 Å². The van der Waals surface area contributed by atoms with Crippen molar-refractivity contribution in [2.45, 2.75) is 26.0 Å². The Labute approximate surface area is 154 Å². The molecule has 0 spiro atoms. The number of hydrogen-bond donors (Lipinski definition) is 1. The highest BCUT2D eigenvalue weighted by atomic mass is 16.5. The van der Waals surface area contributed by atoms with E-state index in [-0.39, 0.29) is 24.0 Å². The zero-order valence-electron chi connectivity index (χ0n) is 15.4. The number of ether oxygens (including phenoxy) is 2. The standard InChI is InChI=1S/C19H27N3O4/c1-3-25-16-7-5-4-6-15(16)18(23)21-9-11-22(12-10-21)19(24)17-14(2)26-13-8-20-17/h4-7,14,17,20H,3,8-13H2,1-2H3/t14-,17+/m1/s1. The van der Waals surface area contributed by atoms with Gasteiger partial charge in [-0.2, -0.15) is 0 Å². The fraction of sp³-hybridized carbons (Fsp3) is 0.579. The lowest BCUT2D eigenvalue weighted by molar-refractivity contribution is -0.140. The van der Waals surface area contributed by atoms with Gasteiger partial charge in [0, 0.05) is 32.7 Å². The highest BCUT2D eigenvalue weighted by Gasteiger charge is 2.34. The number of nitrogens with zero attached hydrogens (tertiary/aromatic N) is 2. The molecule has 2 aliphatic heterocycles. The molecule has 2 heterocycles. The number of carbonyl (C=O) groups excluding carboxylic acids is 2. The van der Waals surface area contributed by atoms with Gasteiger partial charge < -0.3 is 24.6 Å². The quantitative estimate of drug-likeness (QED) is 0.857. The number of carbonyl (C=O) groups is 2. The molecule has 142 valence electrons. The highest BCUT2D eigenvalue weighted by molar-refractivity contribution is 5.97. The number of piperazine rings is 1.